The summed E-state index contributed by atoms with van der Waals surface area (Å²) >= 11 is 0. The Hall–Kier alpha value is -1.07. The first-order valence-electron chi connectivity index (χ1n) is 7.36. The first kappa shape index (κ1) is 15.3. The number of halogens is 1. The van der Waals surface area contributed by atoms with Gasteiger partial charge in [0.2, 0.25) is 0 Å². The fraction of sp³-hybridized carbons (Fsp3) is 0.714. The average Bonchev–Trinajstić information content (AvgIpc) is 2.96. The van der Waals surface area contributed by atoms with Crippen molar-refractivity contribution in [2.45, 2.75) is 44.6 Å². The number of amides is 1. The number of carbonyl (C=O) groups excluding carboxylic acids is 1. The summed E-state index contributed by atoms with van der Waals surface area (Å²) in [5, 5.41) is 10.6. The molecule has 1 aliphatic heterocycles. The molecule has 2 N–H and O–H groups in total. The molecular formula is C14H23ClN4O. The molecule has 6 heteroatoms. The lowest BCUT2D eigenvalue weighted by Crippen LogP contribution is -2.42. The largest absolute Gasteiger partial charge is 0.333 e. The molecule has 2 fully saturated rings. The Balaban J connectivity index is 0.00000147. The van der Waals surface area contributed by atoms with Gasteiger partial charge in [-0.1, -0.05) is 6.92 Å². The van der Waals surface area contributed by atoms with Crippen LogP contribution in [0.5, 0.6) is 0 Å². The molecule has 3 rings (SSSR count). The summed E-state index contributed by atoms with van der Waals surface area (Å²) in [4.78, 5) is 14.6. The van der Waals surface area contributed by atoms with E-state index >= 15 is 0 Å². The first-order valence-corrected chi connectivity index (χ1v) is 7.36. The molecule has 0 bridgehead atoms. The minimum Gasteiger partial charge on any atom is -0.333 e. The van der Waals surface area contributed by atoms with Crippen LogP contribution in [0.25, 0.3) is 0 Å². The second kappa shape index (κ2) is 6.59. The highest BCUT2D eigenvalue weighted by atomic mass is 35.5. The molecule has 1 saturated carbocycles. The summed E-state index contributed by atoms with van der Waals surface area (Å²) in [5.74, 6) is 0.695. The van der Waals surface area contributed by atoms with Gasteiger partial charge in [0.25, 0.3) is 5.91 Å². The highest BCUT2D eigenvalue weighted by Crippen LogP contribution is 2.39. The number of aromatic nitrogens is 2. The summed E-state index contributed by atoms with van der Waals surface area (Å²) < 4.78 is 0. The molecule has 20 heavy (non-hydrogen) atoms. The van der Waals surface area contributed by atoms with Crippen molar-refractivity contribution in [2.24, 2.45) is 0 Å². The quantitative estimate of drug-likeness (QED) is 0.873. The molecule has 1 saturated heterocycles. The zero-order valence-electron chi connectivity index (χ0n) is 11.9. The van der Waals surface area contributed by atoms with E-state index in [1.807, 2.05) is 11.0 Å². The van der Waals surface area contributed by atoms with Crippen LogP contribution in [0.2, 0.25) is 0 Å². The van der Waals surface area contributed by atoms with Gasteiger partial charge in [-0.05, 0) is 38.3 Å². The lowest BCUT2D eigenvalue weighted by molar-refractivity contribution is 0.0686. The van der Waals surface area contributed by atoms with Crippen molar-refractivity contribution in [3.8, 4) is 0 Å². The maximum absolute atomic E-state index is 12.6. The third kappa shape index (κ3) is 3.15. The fourth-order valence-corrected chi connectivity index (χ4v) is 2.79. The zero-order valence-corrected chi connectivity index (χ0v) is 12.7. The highest BCUT2D eigenvalue weighted by Gasteiger charge is 2.30. The van der Waals surface area contributed by atoms with Crippen molar-refractivity contribution >= 4 is 18.3 Å². The topological polar surface area (TPSA) is 61.0 Å². The van der Waals surface area contributed by atoms with E-state index in [-0.39, 0.29) is 18.3 Å². The summed E-state index contributed by atoms with van der Waals surface area (Å²) in [5.41, 5.74) is 1.71. The fourth-order valence-electron chi connectivity index (χ4n) is 2.79. The number of nitrogens with one attached hydrogen (secondary N) is 2. The molecule has 0 spiro atoms. The van der Waals surface area contributed by atoms with Crippen LogP contribution in [-0.4, -0.2) is 46.7 Å². The number of H-pyrrole nitrogens is 1. The van der Waals surface area contributed by atoms with Crippen LogP contribution in [0, 0.1) is 0 Å². The predicted octanol–water partition coefficient (Wildman–Crippen LogP) is 1.92. The Bertz CT molecular complexity index is 452. The highest BCUT2D eigenvalue weighted by molar-refractivity contribution is 5.92. The number of hydrogen-bond donors (Lipinski definition) is 2. The first-order chi connectivity index (χ1) is 9.29. The molecule has 2 heterocycles. The minimum atomic E-state index is 0. The van der Waals surface area contributed by atoms with E-state index in [4.69, 9.17) is 0 Å². The second-order valence-electron chi connectivity index (χ2n) is 5.63. The lowest BCUT2D eigenvalue weighted by atomic mass is 10.2. The molecule has 112 valence electrons. The Labute approximate surface area is 125 Å². The van der Waals surface area contributed by atoms with Crippen LogP contribution in [-0.2, 0) is 0 Å². The molecule has 1 unspecified atom stereocenters. The maximum atomic E-state index is 12.6. The van der Waals surface area contributed by atoms with E-state index in [2.05, 4.69) is 22.4 Å². The summed E-state index contributed by atoms with van der Waals surface area (Å²) in [6, 6.07) is 2.28. The van der Waals surface area contributed by atoms with Crippen LogP contribution < -0.4 is 5.32 Å². The van der Waals surface area contributed by atoms with Gasteiger partial charge in [0.05, 0.1) is 0 Å². The van der Waals surface area contributed by atoms with E-state index in [0.717, 1.165) is 38.2 Å². The van der Waals surface area contributed by atoms with E-state index in [1.54, 1.807) is 0 Å². The van der Waals surface area contributed by atoms with Gasteiger partial charge in [0, 0.05) is 30.7 Å². The van der Waals surface area contributed by atoms with Crippen molar-refractivity contribution in [1.29, 1.82) is 0 Å². The summed E-state index contributed by atoms with van der Waals surface area (Å²) in [6.45, 7) is 4.84. The monoisotopic (exact) mass is 298 g/mol. The Kier molecular flexibility index (Phi) is 5.05. The third-order valence-corrected chi connectivity index (χ3v) is 4.03. The van der Waals surface area contributed by atoms with Crippen molar-refractivity contribution < 1.29 is 4.79 Å². The summed E-state index contributed by atoms with van der Waals surface area (Å²) in [7, 11) is 0. The molecular weight excluding hydrogens is 276 g/mol. The third-order valence-electron chi connectivity index (χ3n) is 4.03. The Morgan fingerprint density at radius 2 is 2.25 bits per heavy atom. The second-order valence-corrected chi connectivity index (χ2v) is 5.63. The van der Waals surface area contributed by atoms with Gasteiger partial charge >= 0.3 is 0 Å². The standard InChI is InChI=1S/C14H22N4O.ClH/c1-2-7-18(11-5-6-15-9-11)14(19)13-8-12(16-17-13)10-3-4-10;/h8,10-11,15H,2-7,9H2,1H3,(H,16,17);1H. The van der Waals surface area contributed by atoms with Gasteiger partial charge in [-0.25, -0.2) is 0 Å². The van der Waals surface area contributed by atoms with Crippen molar-refractivity contribution in [2.75, 3.05) is 19.6 Å². The molecule has 1 aliphatic carbocycles. The molecule has 1 aromatic heterocycles. The van der Waals surface area contributed by atoms with Crippen LogP contribution in [0.1, 0.15) is 54.7 Å². The molecule has 2 aliphatic rings. The molecule has 1 amide bonds. The smallest absolute Gasteiger partial charge is 0.274 e. The Morgan fingerprint density at radius 1 is 1.45 bits per heavy atom. The van der Waals surface area contributed by atoms with E-state index in [9.17, 15) is 4.79 Å². The average molecular weight is 299 g/mol. The minimum absolute atomic E-state index is 0. The van der Waals surface area contributed by atoms with Crippen LogP contribution >= 0.6 is 12.4 Å². The van der Waals surface area contributed by atoms with Gasteiger partial charge in [-0.15, -0.1) is 12.4 Å². The SMILES string of the molecule is CCCN(C(=O)c1cc(C2CC2)[nH]n1)C1CCNC1.Cl. The number of carbonyl (C=O) groups is 1. The normalized spacial score (nSPS) is 21.6. The van der Waals surface area contributed by atoms with Gasteiger partial charge in [0.15, 0.2) is 0 Å². The number of rotatable bonds is 5. The van der Waals surface area contributed by atoms with Gasteiger partial charge in [0.1, 0.15) is 5.69 Å². The molecule has 0 aromatic carbocycles. The van der Waals surface area contributed by atoms with Crippen molar-refractivity contribution in [3.63, 3.8) is 0 Å². The van der Waals surface area contributed by atoms with E-state index in [1.165, 1.54) is 12.8 Å². The number of nitrogens with zero attached hydrogens (tertiary/aromatic N) is 2. The number of hydrogen-bond acceptors (Lipinski definition) is 3. The maximum Gasteiger partial charge on any atom is 0.274 e. The lowest BCUT2D eigenvalue weighted by Gasteiger charge is -2.27. The molecule has 1 atom stereocenters. The Morgan fingerprint density at radius 3 is 2.85 bits per heavy atom. The van der Waals surface area contributed by atoms with Crippen molar-refractivity contribution in [3.05, 3.63) is 17.5 Å². The van der Waals surface area contributed by atoms with Gasteiger partial charge < -0.3 is 10.2 Å². The zero-order chi connectivity index (χ0) is 13.2. The molecule has 1 aromatic rings. The van der Waals surface area contributed by atoms with Gasteiger partial charge in [-0.2, -0.15) is 5.10 Å². The van der Waals surface area contributed by atoms with Gasteiger partial charge in [-0.3, -0.25) is 9.89 Å². The number of aromatic amines is 1. The summed E-state index contributed by atoms with van der Waals surface area (Å²) in [6.07, 6.45) is 4.48. The molecule has 5 nitrogen and oxygen atoms in total. The molecule has 0 radical (unpaired) electrons. The predicted molar refractivity (Wildman–Crippen MR) is 80.4 cm³/mol. The van der Waals surface area contributed by atoms with E-state index < -0.39 is 0 Å². The van der Waals surface area contributed by atoms with Crippen LogP contribution in [0.3, 0.4) is 0 Å². The van der Waals surface area contributed by atoms with Crippen LogP contribution in [0.15, 0.2) is 6.07 Å². The van der Waals surface area contributed by atoms with Crippen molar-refractivity contribution in [1.82, 2.24) is 20.4 Å². The van der Waals surface area contributed by atoms with E-state index in [0.29, 0.717) is 17.7 Å². The van der Waals surface area contributed by atoms with Crippen LogP contribution in [0.4, 0.5) is 0 Å².